The number of anilines is 1. The van der Waals surface area contributed by atoms with Gasteiger partial charge in [-0.15, -0.1) is 0 Å². The number of H-pyrrole nitrogens is 1. The van der Waals surface area contributed by atoms with Crippen molar-refractivity contribution in [2.75, 3.05) is 12.4 Å². The fourth-order valence-corrected chi connectivity index (χ4v) is 2.97. The molecular weight excluding hydrogens is 364 g/mol. The number of aromatic nitrogens is 2. The monoisotopic (exact) mass is 382 g/mol. The van der Waals surface area contributed by atoms with E-state index in [1.807, 2.05) is 6.07 Å². The molecule has 0 saturated carbocycles. The third-order valence-electron chi connectivity index (χ3n) is 4.11. The van der Waals surface area contributed by atoms with Gasteiger partial charge in [0.1, 0.15) is 0 Å². The summed E-state index contributed by atoms with van der Waals surface area (Å²) in [5, 5.41) is 5.80. The smallest absolute Gasteiger partial charge is 0.262 e. The van der Waals surface area contributed by atoms with Gasteiger partial charge < -0.3 is 15.6 Å². The van der Waals surface area contributed by atoms with E-state index in [1.165, 1.54) is 4.57 Å². The van der Waals surface area contributed by atoms with Crippen molar-refractivity contribution in [3.8, 4) is 0 Å². The molecule has 0 aliphatic carbocycles. The molecule has 8 heteroatoms. The Morgan fingerprint density at radius 1 is 1.11 bits per heavy atom. The van der Waals surface area contributed by atoms with E-state index in [1.54, 1.807) is 49.5 Å². The average Bonchev–Trinajstić information content (AvgIpc) is 2.67. The topological polar surface area (TPSA) is 96.0 Å². The first-order chi connectivity index (χ1) is 13.0. The summed E-state index contributed by atoms with van der Waals surface area (Å²) in [5.41, 5.74) is 1.52. The van der Waals surface area contributed by atoms with Gasteiger partial charge in [-0.05, 0) is 48.6 Å². The lowest BCUT2D eigenvalue weighted by Crippen LogP contribution is -2.25. The lowest BCUT2D eigenvalue weighted by Gasteiger charge is -2.09. The summed E-state index contributed by atoms with van der Waals surface area (Å²) in [6.45, 7) is 0.168. The molecule has 0 saturated heterocycles. The van der Waals surface area contributed by atoms with Crippen molar-refractivity contribution in [2.24, 2.45) is 0 Å². The average molecular weight is 382 g/mol. The zero-order valence-electron chi connectivity index (χ0n) is 14.6. The largest absolute Gasteiger partial charge is 0.355 e. The van der Waals surface area contributed by atoms with Crippen LogP contribution in [0.25, 0.3) is 10.9 Å². The SMILES string of the molecule is CNC(=O)c1ccc(NC(=O)CCn2c(=S)[nH]c3ccccc3c2=O)cc1. The Kier molecular flexibility index (Phi) is 5.46. The highest BCUT2D eigenvalue weighted by molar-refractivity contribution is 7.71. The van der Waals surface area contributed by atoms with Gasteiger partial charge in [-0.2, -0.15) is 0 Å². The number of para-hydroxylation sites is 1. The van der Waals surface area contributed by atoms with Crippen LogP contribution in [0, 0.1) is 4.77 Å². The minimum Gasteiger partial charge on any atom is -0.355 e. The van der Waals surface area contributed by atoms with Crippen LogP contribution >= 0.6 is 12.2 Å². The van der Waals surface area contributed by atoms with Crippen molar-refractivity contribution >= 4 is 40.6 Å². The molecule has 0 spiro atoms. The van der Waals surface area contributed by atoms with Crippen LogP contribution in [-0.4, -0.2) is 28.4 Å². The predicted octanol–water partition coefficient (Wildman–Crippen LogP) is 2.45. The molecule has 0 atom stereocenters. The second kappa shape index (κ2) is 7.96. The number of carbonyl (C=O) groups is 2. The van der Waals surface area contributed by atoms with Gasteiger partial charge in [0.15, 0.2) is 4.77 Å². The molecule has 1 aromatic heterocycles. The first-order valence-corrected chi connectivity index (χ1v) is 8.74. The molecule has 0 bridgehead atoms. The standard InChI is InChI=1S/C19H18N4O3S/c1-20-17(25)12-6-8-13(9-7-12)21-16(24)10-11-23-18(26)14-4-2-3-5-15(14)22-19(23)27/h2-9H,10-11H2,1H3,(H,20,25)(H,21,24)(H,22,27). The molecule has 0 unspecified atom stereocenters. The van der Waals surface area contributed by atoms with Gasteiger partial charge in [0.25, 0.3) is 11.5 Å². The van der Waals surface area contributed by atoms with Gasteiger partial charge in [0, 0.05) is 31.3 Å². The number of nitrogens with zero attached hydrogens (tertiary/aromatic N) is 1. The third kappa shape index (κ3) is 4.12. The number of aromatic amines is 1. The van der Waals surface area contributed by atoms with Crippen LogP contribution < -0.4 is 16.2 Å². The number of carbonyl (C=O) groups excluding carboxylic acids is 2. The fraction of sp³-hybridized carbons (Fsp3) is 0.158. The van der Waals surface area contributed by atoms with Crippen LogP contribution in [0.3, 0.4) is 0 Å². The summed E-state index contributed by atoms with van der Waals surface area (Å²) in [5.74, 6) is -0.449. The Balaban J connectivity index is 1.69. The van der Waals surface area contributed by atoms with E-state index in [2.05, 4.69) is 15.6 Å². The van der Waals surface area contributed by atoms with Crippen molar-refractivity contribution < 1.29 is 9.59 Å². The second-order valence-corrected chi connectivity index (χ2v) is 6.27. The van der Waals surface area contributed by atoms with Crippen molar-refractivity contribution in [1.82, 2.24) is 14.9 Å². The summed E-state index contributed by atoms with van der Waals surface area (Å²) in [4.78, 5) is 39.3. The Bertz CT molecular complexity index is 1120. The van der Waals surface area contributed by atoms with Gasteiger partial charge in [-0.25, -0.2) is 0 Å². The highest BCUT2D eigenvalue weighted by atomic mass is 32.1. The first kappa shape index (κ1) is 18.5. The minimum absolute atomic E-state index is 0.0902. The number of hydrogen-bond donors (Lipinski definition) is 3. The lowest BCUT2D eigenvalue weighted by atomic mass is 10.2. The number of nitrogens with one attached hydrogen (secondary N) is 3. The molecule has 27 heavy (non-hydrogen) atoms. The normalized spacial score (nSPS) is 10.6. The molecule has 2 amide bonds. The van der Waals surface area contributed by atoms with Gasteiger partial charge in [-0.1, -0.05) is 12.1 Å². The van der Waals surface area contributed by atoms with E-state index in [0.29, 0.717) is 22.2 Å². The maximum Gasteiger partial charge on any atom is 0.262 e. The van der Waals surface area contributed by atoms with E-state index in [0.717, 1.165) is 0 Å². The summed E-state index contributed by atoms with van der Waals surface area (Å²) < 4.78 is 1.66. The molecule has 138 valence electrons. The molecular formula is C19H18N4O3S. The molecule has 3 rings (SSSR count). The zero-order chi connectivity index (χ0) is 19.4. The Labute approximate surface area is 160 Å². The van der Waals surface area contributed by atoms with Crippen molar-refractivity contribution in [2.45, 2.75) is 13.0 Å². The quantitative estimate of drug-likeness (QED) is 0.591. The number of amides is 2. The van der Waals surface area contributed by atoms with Gasteiger partial charge in [0.2, 0.25) is 5.91 Å². The maximum absolute atomic E-state index is 12.6. The molecule has 0 radical (unpaired) electrons. The third-order valence-corrected chi connectivity index (χ3v) is 4.43. The summed E-state index contributed by atoms with van der Waals surface area (Å²) in [6, 6.07) is 13.6. The van der Waals surface area contributed by atoms with Crippen LogP contribution in [0.5, 0.6) is 0 Å². The summed E-state index contributed by atoms with van der Waals surface area (Å²) >= 11 is 5.24. The highest BCUT2D eigenvalue weighted by Gasteiger charge is 2.09. The fourth-order valence-electron chi connectivity index (χ4n) is 2.69. The number of benzene rings is 2. The van der Waals surface area contributed by atoms with Crippen LogP contribution in [0.4, 0.5) is 5.69 Å². The van der Waals surface area contributed by atoms with E-state index in [-0.39, 0.29) is 35.1 Å². The van der Waals surface area contributed by atoms with Gasteiger partial charge >= 0.3 is 0 Å². The van der Waals surface area contributed by atoms with E-state index in [4.69, 9.17) is 12.2 Å². The number of fused-ring (bicyclic) bond motifs is 1. The molecule has 0 aliphatic rings. The molecule has 0 fully saturated rings. The number of rotatable bonds is 5. The first-order valence-electron chi connectivity index (χ1n) is 8.33. The second-order valence-electron chi connectivity index (χ2n) is 5.89. The van der Waals surface area contributed by atoms with Crippen LogP contribution in [0.15, 0.2) is 53.3 Å². The summed E-state index contributed by atoms with van der Waals surface area (Å²) in [6.07, 6.45) is 0.0902. The van der Waals surface area contributed by atoms with Crippen molar-refractivity contribution in [1.29, 1.82) is 0 Å². The Hall–Kier alpha value is -3.26. The molecule has 3 aromatic rings. The van der Waals surface area contributed by atoms with Gasteiger partial charge in [-0.3, -0.25) is 19.0 Å². The molecule has 1 heterocycles. The van der Waals surface area contributed by atoms with E-state index in [9.17, 15) is 14.4 Å². The van der Waals surface area contributed by atoms with Crippen molar-refractivity contribution in [3.05, 3.63) is 69.2 Å². The predicted molar refractivity (Wildman–Crippen MR) is 106 cm³/mol. The Morgan fingerprint density at radius 3 is 2.52 bits per heavy atom. The van der Waals surface area contributed by atoms with Crippen LogP contribution in [0.1, 0.15) is 16.8 Å². The zero-order valence-corrected chi connectivity index (χ0v) is 15.4. The minimum atomic E-state index is -0.253. The Morgan fingerprint density at radius 2 is 1.81 bits per heavy atom. The molecule has 2 aromatic carbocycles. The maximum atomic E-state index is 12.6. The molecule has 0 aliphatic heterocycles. The lowest BCUT2D eigenvalue weighted by molar-refractivity contribution is -0.116. The highest BCUT2D eigenvalue weighted by Crippen LogP contribution is 2.10. The van der Waals surface area contributed by atoms with E-state index >= 15 is 0 Å². The number of hydrogen-bond acceptors (Lipinski definition) is 4. The molecule has 3 N–H and O–H groups in total. The molecule has 7 nitrogen and oxygen atoms in total. The van der Waals surface area contributed by atoms with Crippen LogP contribution in [0.2, 0.25) is 0 Å². The summed E-state index contributed by atoms with van der Waals surface area (Å²) in [7, 11) is 1.55. The van der Waals surface area contributed by atoms with Gasteiger partial charge in [0.05, 0.1) is 10.9 Å². The van der Waals surface area contributed by atoms with E-state index < -0.39 is 0 Å². The van der Waals surface area contributed by atoms with Crippen LogP contribution in [-0.2, 0) is 11.3 Å². The van der Waals surface area contributed by atoms with Crippen molar-refractivity contribution in [3.63, 3.8) is 0 Å².